The molecule has 0 saturated carbocycles. The highest BCUT2D eigenvalue weighted by Crippen LogP contribution is 2.18. The van der Waals surface area contributed by atoms with E-state index in [1.165, 1.54) is 0 Å². The largest absolute Gasteiger partial charge is 0.344 e. The molecule has 2 N–H and O–H groups in total. The maximum Gasteiger partial charge on any atom is 0.111 e. The lowest BCUT2D eigenvalue weighted by atomic mass is 9.96. The quantitative estimate of drug-likeness (QED) is 0.824. The third-order valence-corrected chi connectivity index (χ3v) is 2.95. The van der Waals surface area contributed by atoms with Gasteiger partial charge in [-0.1, -0.05) is 34.6 Å². The molecular formula is C13H25N3. The number of aromatic amines is 1. The minimum Gasteiger partial charge on any atom is -0.344 e. The van der Waals surface area contributed by atoms with Crippen LogP contribution in [0.1, 0.15) is 53.1 Å². The molecule has 1 rings (SSSR count). The lowest BCUT2D eigenvalue weighted by molar-refractivity contribution is 0.423. The van der Waals surface area contributed by atoms with Gasteiger partial charge in [-0.3, -0.25) is 0 Å². The summed E-state index contributed by atoms with van der Waals surface area (Å²) in [5, 5.41) is 3.49. The molecule has 3 heteroatoms. The maximum atomic E-state index is 4.41. The third-order valence-electron chi connectivity index (χ3n) is 2.95. The van der Waals surface area contributed by atoms with Gasteiger partial charge in [0.25, 0.3) is 0 Å². The van der Waals surface area contributed by atoms with Gasteiger partial charge >= 0.3 is 0 Å². The van der Waals surface area contributed by atoms with Gasteiger partial charge in [0.15, 0.2) is 0 Å². The van der Waals surface area contributed by atoms with Crippen molar-refractivity contribution < 1.29 is 0 Å². The fraction of sp³-hybridized carbons (Fsp3) is 0.769. The molecule has 1 aromatic rings. The lowest BCUT2D eigenvalue weighted by Crippen LogP contribution is -2.30. The molecule has 1 aromatic heterocycles. The van der Waals surface area contributed by atoms with Crippen molar-refractivity contribution in [3.63, 3.8) is 0 Å². The second-order valence-corrected chi connectivity index (χ2v) is 5.92. The Kier molecular flexibility index (Phi) is 4.14. The molecule has 0 fully saturated rings. The Balaban J connectivity index is 2.53. The second-order valence-electron chi connectivity index (χ2n) is 5.92. The standard InChI is InChI=1S/C13H25N3/c1-9(2)10(3)14-7-11-8-15-12(16-11)13(4,5)6/h8-10,14H,7H2,1-6H3,(H,15,16). The first-order chi connectivity index (χ1) is 7.30. The minimum atomic E-state index is 0.0991. The van der Waals surface area contributed by atoms with Crippen molar-refractivity contribution in [3.05, 3.63) is 17.7 Å². The summed E-state index contributed by atoms with van der Waals surface area (Å²) in [5.74, 6) is 1.71. The van der Waals surface area contributed by atoms with E-state index in [-0.39, 0.29) is 5.41 Å². The van der Waals surface area contributed by atoms with E-state index in [9.17, 15) is 0 Å². The highest BCUT2D eigenvalue weighted by molar-refractivity contribution is 5.08. The Hall–Kier alpha value is -0.830. The van der Waals surface area contributed by atoms with Gasteiger partial charge in [-0.15, -0.1) is 0 Å². The van der Waals surface area contributed by atoms with E-state index in [1.54, 1.807) is 0 Å². The molecule has 0 bridgehead atoms. The van der Waals surface area contributed by atoms with E-state index in [1.807, 2.05) is 6.20 Å². The first-order valence-corrected chi connectivity index (χ1v) is 6.08. The number of hydrogen-bond acceptors (Lipinski definition) is 2. The summed E-state index contributed by atoms with van der Waals surface area (Å²) in [6.45, 7) is 14.0. The molecule has 1 unspecified atom stereocenters. The number of nitrogens with zero attached hydrogens (tertiary/aromatic N) is 1. The molecule has 0 spiro atoms. The number of imidazole rings is 1. The Labute approximate surface area is 99.1 Å². The molecule has 1 atom stereocenters. The monoisotopic (exact) mass is 223 g/mol. The van der Waals surface area contributed by atoms with Gasteiger partial charge in [0.05, 0.1) is 0 Å². The summed E-state index contributed by atoms with van der Waals surface area (Å²) < 4.78 is 0. The molecule has 0 radical (unpaired) electrons. The van der Waals surface area contributed by atoms with Crippen molar-refractivity contribution in [3.8, 4) is 0 Å². The summed E-state index contributed by atoms with van der Waals surface area (Å²) in [6, 6.07) is 0.529. The number of nitrogens with one attached hydrogen (secondary N) is 2. The lowest BCUT2D eigenvalue weighted by Gasteiger charge is -2.17. The van der Waals surface area contributed by atoms with E-state index in [0.29, 0.717) is 12.0 Å². The summed E-state index contributed by atoms with van der Waals surface area (Å²) >= 11 is 0. The fourth-order valence-corrected chi connectivity index (χ4v) is 1.34. The molecular weight excluding hydrogens is 198 g/mol. The number of rotatable bonds is 4. The number of hydrogen-bond donors (Lipinski definition) is 2. The zero-order valence-electron chi connectivity index (χ0n) is 11.4. The van der Waals surface area contributed by atoms with E-state index in [4.69, 9.17) is 0 Å². The highest BCUT2D eigenvalue weighted by atomic mass is 15.0. The van der Waals surface area contributed by atoms with Gasteiger partial charge in [0.2, 0.25) is 0 Å². The first-order valence-electron chi connectivity index (χ1n) is 6.08. The van der Waals surface area contributed by atoms with Crippen molar-refractivity contribution in [2.75, 3.05) is 0 Å². The molecule has 1 heterocycles. The van der Waals surface area contributed by atoms with Crippen LogP contribution in [0.25, 0.3) is 0 Å². The zero-order valence-corrected chi connectivity index (χ0v) is 11.4. The van der Waals surface area contributed by atoms with Gasteiger partial charge in [-0.05, 0) is 12.8 Å². The average molecular weight is 223 g/mol. The fourth-order valence-electron chi connectivity index (χ4n) is 1.34. The smallest absolute Gasteiger partial charge is 0.111 e. The molecule has 0 amide bonds. The molecule has 0 aliphatic carbocycles. The predicted octanol–water partition coefficient (Wildman–Crippen LogP) is 2.84. The number of aromatic nitrogens is 2. The molecule has 16 heavy (non-hydrogen) atoms. The van der Waals surface area contributed by atoms with E-state index >= 15 is 0 Å². The molecule has 0 aliphatic heterocycles. The van der Waals surface area contributed by atoms with E-state index in [2.05, 4.69) is 56.8 Å². The van der Waals surface area contributed by atoms with Crippen molar-refractivity contribution in [1.82, 2.24) is 15.3 Å². The zero-order chi connectivity index (χ0) is 12.3. The Morgan fingerprint density at radius 2 is 1.94 bits per heavy atom. The van der Waals surface area contributed by atoms with Gasteiger partial charge in [0.1, 0.15) is 5.82 Å². The van der Waals surface area contributed by atoms with Crippen molar-refractivity contribution in [1.29, 1.82) is 0 Å². The van der Waals surface area contributed by atoms with Gasteiger partial charge in [-0.2, -0.15) is 0 Å². The Morgan fingerprint density at radius 1 is 1.31 bits per heavy atom. The van der Waals surface area contributed by atoms with E-state index < -0.39 is 0 Å². The van der Waals surface area contributed by atoms with Crippen LogP contribution in [-0.2, 0) is 12.0 Å². The molecule has 3 nitrogen and oxygen atoms in total. The van der Waals surface area contributed by atoms with Gasteiger partial charge in [0, 0.05) is 29.9 Å². The molecule has 0 aromatic carbocycles. The van der Waals surface area contributed by atoms with Crippen molar-refractivity contribution in [2.24, 2.45) is 5.92 Å². The highest BCUT2D eigenvalue weighted by Gasteiger charge is 2.17. The van der Waals surface area contributed by atoms with Crippen LogP contribution in [0.4, 0.5) is 0 Å². The summed E-state index contributed by atoms with van der Waals surface area (Å²) in [7, 11) is 0. The van der Waals surface area contributed by atoms with Crippen LogP contribution >= 0.6 is 0 Å². The van der Waals surface area contributed by atoms with Crippen LogP contribution in [0.3, 0.4) is 0 Å². The molecule has 92 valence electrons. The first kappa shape index (κ1) is 13.2. The molecule has 0 aliphatic rings. The summed E-state index contributed by atoms with van der Waals surface area (Å²) in [5.41, 5.74) is 1.26. The number of H-pyrrole nitrogens is 1. The van der Waals surface area contributed by atoms with Crippen molar-refractivity contribution >= 4 is 0 Å². The van der Waals surface area contributed by atoms with Crippen LogP contribution in [0, 0.1) is 5.92 Å². The van der Waals surface area contributed by atoms with E-state index in [0.717, 1.165) is 18.1 Å². The van der Waals surface area contributed by atoms with Crippen molar-refractivity contribution in [2.45, 2.75) is 59.5 Å². The van der Waals surface area contributed by atoms with Crippen LogP contribution in [-0.4, -0.2) is 16.0 Å². The van der Waals surface area contributed by atoms with Crippen LogP contribution < -0.4 is 5.32 Å². The normalized spacial score (nSPS) is 14.4. The van der Waals surface area contributed by atoms with Gasteiger partial charge < -0.3 is 10.3 Å². The maximum absolute atomic E-state index is 4.41. The van der Waals surface area contributed by atoms with Crippen LogP contribution in [0.5, 0.6) is 0 Å². The summed E-state index contributed by atoms with van der Waals surface area (Å²) in [4.78, 5) is 7.79. The second kappa shape index (κ2) is 5.00. The van der Waals surface area contributed by atoms with Gasteiger partial charge in [-0.25, -0.2) is 4.98 Å². The minimum absolute atomic E-state index is 0.0991. The van der Waals surface area contributed by atoms with Crippen LogP contribution in [0.2, 0.25) is 0 Å². The Morgan fingerprint density at radius 3 is 2.38 bits per heavy atom. The van der Waals surface area contributed by atoms with Crippen LogP contribution in [0.15, 0.2) is 6.20 Å². The molecule has 0 saturated heterocycles. The average Bonchev–Trinajstić information content (AvgIpc) is 2.61. The third kappa shape index (κ3) is 3.63. The SMILES string of the molecule is CC(C)C(C)NCc1cnc(C(C)(C)C)[nH]1. The predicted molar refractivity (Wildman–Crippen MR) is 68.4 cm³/mol. The summed E-state index contributed by atoms with van der Waals surface area (Å²) in [6.07, 6.45) is 1.93. The Bertz CT molecular complexity index is 320. The topological polar surface area (TPSA) is 40.7 Å².